The molecule has 50 valence electrons. The van der Waals surface area contributed by atoms with E-state index < -0.39 is 0 Å². The summed E-state index contributed by atoms with van der Waals surface area (Å²) in [6.07, 6.45) is 5.94. The number of aliphatic hydroxyl groups excluding tert-OH is 1. The Bertz CT molecular complexity index is 145. The van der Waals surface area contributed by atoms with E-state index in [0.29, 0.717) is 5.76 Å². The predicted molar refractivity (Wildman–Crippen MR) is 38.3 cm³/mol. The molecule has 1 N–H and O–H groups in total. The van der Waals surface area contributed by atoms with Gasteiger partial charge in [-0.15, -0.1) is 0 Å². The van der Waals surface area contributed by atoms with Crippen LogP contribution in [-0.2, 0) is 0 Å². The van der Waals surface area contributed by atoms with Gasteiger partial charge in [-0.3, -0.25) is 0 Å². The predicted octanol–water partition coefficient (Wildman–Crippen LogP) is 2.56. The Morgan fingerprint density at radius 1 is 1.33 bits per heavy atom. The normalized spacial score (nSPS) is 20.0. The number of rotatable bonds is 1. The van der Waals surface area contributed by atoms with Crippen LogP contribution in [0.4, 0.5) is 0 Å². The maximum Gasteiger partial charge on any atom is 0.0954 e. The number of hydrogen-bond donors (Lipinski definition) is 1. The molecule has 0 aliphatic heterocycles. The van der Waals surface area contributed by atoms with E-state index in [-0.39, 0.29) is 0 Å². The smallest absolute Gasteiger partial charge is 0.0954 e. The summed E-state index contributed by atoms with van der Waals surface area (Å²) in [4.78, 5) is 0. The lowest BCUT2D eigenvalue weighted by atomic mass is 9.98. The van der Waals surface area contributed by atoms with Crippen molar-refractivity contribution in [2.45, 2.75) is 25.7 Å². The maximum atomic E-state index is 9.18. The van der Waals surface area contributed by atoms with Gasteiger partial charge in [0.1, 0.15) is 0 Å². The third-order valence-corrected chi connectivity index (χ3v) is 1.73. The topological polar surface area (TPSA) is 20.2 Å². The third kappa shape index (κ3) is 1.35. The summed E-state index contributed by atoms with van der Waals surface area (Å²) in [5.41, 5.74) is 1.04. The van der Waals surface area contributed by atoms with E-state index in [4.69, 9.17) is 0 Å². The van der Waals surface area contributed by atoms with Crippen molar-refractivity contribution in [3.8, 4) is 0 Å². The molecule has 0 unspecified atom stereocenters. The van der Waals surface area contributed by atoms with Gasteiger partial charge in [-0.25, -0.2) is 0 Å². The second-order valence-electron chi connectivity index (χ2n) is 2.38. The molecule has 0 aromatic carbocycles. The Labute approximate surface area is 55.7 Å². The van der Waals surface area contributed by atoms with Crippen molar-refractivity contribution in [3.05, 3.63) is 24.0 Å². The fourth-order valence-electron chi connectivity index (χ4n) is 1.13. The van der Waals surface area contributed by atoms with E-state index in [9.17, 15) is 5.11 Å². The molecule has 0 amide bonds. The van der Waals surface area contributed by atoms with Gasteiger partial charge in [0.2, 0.25) is 0 Å². The molecule has 0 atom stereocenters. The zero-order chi connectivity index (χ0) is 6.69. The van der Waals surface area contributed by atoms with Gasteiger partial charge in [0.25, 0.3) is 0 Å². The zero-order valence-electron chi connectivity index (χ0n) is 5.56. The first-order chi connectivity index (χ1) is 4.34. The largest absolute Gasteiger partial charge is 0.512 e. The molecular weight excluding hydrogens is 112 g/mol. The van der Waals surface area contributed by atoms with E-state index >= 15 is 0 Å². The fourth-order valence-corrected chi connectivity index (χ4v) is 1.13. The van der Waals surface area contributed by atoms with E-state index in [1.165, 1.54) is 6.42 Å². The molecule has 0 spiro atoms. The molecule has 0 saturated heterocycles. The van der Waals surface area contributed by atoms with Crippen molar-refractivity contribution < 1.29 is 5.11 Å². The highest BCUT2D eigenvalue weighted by atomic mass is 16.3. The molecular formula is C8H12O. The lowest BCUT2D eigenvalue weighted by Crippen LogP contribution is -1.96. The minimum atomic E-state index is 0.552. The number of hydrogen-bond acceptors (Lipinski definition) is 1. The summed E-state index contributed by atoms with van der Waals surface area (Å²) >= 11 is 0. The van der Waals surface area contributed by atoms with Crippen LogP contribution >= 0.6 is 0 Å². The minimum absolute atomic E-state index is 0.552. The van der Waals surface area contributed by atoms with Crippen LogP contribution in [0.15, 0.2) is 24.0 Å². The molecule has 0 bridgehead atoms. The van der Waals surface area contributed by atoms with Crippen LogP contribution in [0, 0.1) is 0 Å². The van der Waals surface area contributed by atoms with Gasteiger partial charge in [0.05, 0.1) is 5.76 Å². The zero-order valence-corrected chi connectivity index (χ0v) is 5.56. The molecule has 0 radical (unpaired) electrons. The average Bonchev–Trinajstić information content (AvgIpc) is 1.89. The van der Waals surface area contributed by atoms with E-state index in [2.05, 4.69) is 6.58 Å². The maximum absolute atomic E-state index is 9.18. The first-order valence-corrected chi connectivity index (χ1v) is 3.38. The molecule has 0 saturated carbocycles. The molecule has 1 aliphatic rings. The molecule has 1 rings (SSSR count). The average molecular weight is 124 g/mol. The second-order valence-corrected chi connectivity index (χ2v) is 2.38. The summed E-state index contributed by atoms with van der Waals surface area (Å²) in [5.74, 6) is 0.552. The Hall–Kier alpha value is -0.720. The molecule has 1 aliphatic carbocycles. The Morgan fingerprint density at radius 2 is 2.00 bits per heavy atom. The lowest BCUT2D eigenvalue weighted by Gasteiger charge is -2.11. The fraction of sp³-hybridized carbons (Fsp3) is 0.500. The summed E-state index contributed by atoms with van der Waals surface area (Å²) in [5, 5.41) is 9.18. The van der Waals surface area contributed by atoms with Crippen LogP contribution < -0.4 is 0 Å². The second kappa shape index (κ2) is 2.72. The van der Waals surface area contributed by atoms with Crippen molar-refractivity contribution >= 4 is 0 Å². The molecule has 0 aromatic heterocycles. The Kier molecular flexibility index (Phi) is 1.93. The SMILES string of the molecule is C=CC1=C(O)CCCC1. The van der Waals surface area contributed by atoms with Crippen LogP contribution in [0.5, 0.6) is 0 Å². The third-order valence-electron chi connectivity index (χ3n) is 1.73. The van der Waals surface area contributed by atoms with E-state index in [1.54, 1.807) is 6.08 Å². The van der Waals surface area contributed by atoms with Gasteiger partial charge in [-0.1, -0.05) is 12.7 Å². The summed E-state index contributed by atoms with van der Waals surface area (Å²) < 4.78 is 0. The van der Waals surface area contributed by atoms with Crippen LogP contribution in [-0.4, -0.2) is 5.11 Å². The highest BCUT2D eigenvalue weighted by molar-refractivity contribution is 5.21. The summed E-state index contributed by atoms with van der Waals surface area (Å²) in [6.45, 7) is 3.62. The van der Waals surface area contributed by atoms with Crippen molar-refractivity contribution in [2.24, 2.45) is 0 Å². The van der Waals surface area contributed by atoms with Crippen LogP contribution in [0.3, 0.4) is 0 Å². The highest BCUT2D eigenvalue weighted by Crippen LogP contribution is 2.22. The van der Waals surface area contributed by atoms with E-state index in [0.717, 1.165) is 24.8 Å². The highest BCUT2D eigenvalue weighted by Gasteiger charge is 2.07. The molecule has 0 aromatic rings. The van der Waals surface area contributed by atoms with Crippen LogP contribution in [0.25, 0.3) is 0 Å². The van der Waals surface area contributed by atoms with Gasteiger partial charge < -0.3 is 5.11 Å². The van der Waals surface area contributed by atoms with Crippen LogP contribution in [0.2, 0.25) is 0 Å². The van der Waals surface area contributed by atoms with Gasteiger partial charge in [-0.2, -0.15) is 0 Å². The first-order valence-electron chi connectivity index (χ1n) is 3.38. The summed E-state index contributed by atoms with van der Waals surface area (Å²) in [7, 11) is 0. The quantitative estimate of drug-likeness (QED) is 0.569. The standard InChI is InChI=1S/C8H12O/c1-2-7-5-3-4-6-8(7)9/h2,9H,1,3-6H2. The molecule has 1 heteroatoms. The van der Waals surface area contributed by atoms with Gasteiger partial charge in [0.15, 0.2) is 0 Å². The van der Waals surface area contributed by atoms with Crippen LogP contribution in [0.1, 0.15) is 25.7 Å². The van der Waals surface area contributed by atoms with Gasteiger partial charge in [0, 0.05) is 6.42 Å². The lowest BCUT2D eigenvalue weighted by molar-refractivity contribution is 0.362. The molecule has 0 fully saturated rings. The Morgan fingerprint density at radius 3 is 2.44 bits per heavy atom. The number of allylic oxidation sites excluding steroid dienone is 3. The van der Waals surface area contributed by atoms with Crippen molar-refractivity contribution in [3.63, 3.8) is 0 Å². The molecule has 9 heavy (non-hydrogen) atoms. The molecule has 1 nitrogen and oxygen atoms in total. The first kappa shape index (κ1) is 6.40. The molecule has 0 heterocycles. The monoisotopic (exact) mass is 124 g/mol. The van der Waals surface area contributed by atoms with E-state index in [1.807, 2.05) is 0 Å². The van der Waals surface area contributed by atoms with Crippen molar-refractivity contribution in [1.29, 1.82) is 0 Å². The van der Waals surface area contributed by atoms with Crippen molar-refractivity contribution in [2.75, 3.05) is 0 Å². The Balaban J connectivity index is 2.70. The van der Waals surface area contributed by atoms with Gasteiger partial charge in [-0.05, 0) is 24.8 Å². The summed E-state index contributed by atoms with van der Waals surface area (Å²) in [6, 6.07) is 0. The number of aliphatic hydroxyl groups is 1. The minimum Gasteiger partial charge on any atom is -0.512 e. The van der Waals surface area contributed by atoms with Gasteiger partial charge >= 0.3 is 0 Å². The van der Waals surface area contributed by atoms with Crippen molar-refractivity contribution in [1.82, 2.24) is 0 Å².